The van der Waals surface area contributed by atoms with Crippen LogP contribution in [0.2, 0.25) is 0 Å². The Balaban J connectivity index is 1.74. The Bertz CT molecular complexity index is 1280. The number of ether oxygens (including phenoxy) is 1. The molecule has 0 unspecified atom stereocenters. The molecule has 154 valence electrons. The van der Waals surface area contributed by atoms with Crippen LogP contribution in [-0.2, 0) is 10.0 Å². The fraction of sp³-hybridized carbons (Fsp3) is 0.0500. The van der Waals surface area contributed by atoms with Gasteiger partial charge in [-0.2, -0.15) is 0 Å². The lowest BCUT2D eigenvalue weighted by Gasteiger charge is -2.15. The zero-order valence-electron chi connectivity index (χ0n) is 15.2. The van der Waals surface area contributed by atoms with Crippen LogP contribution in [0.4, 0.5) is 18.9 Å². The van der Waals surface area contributed by atoms with Crippen LogP contribution < -0.4 is 9.46 Å². The smallest absolute Gasteiger partial charge is 0.404 e. The van der Waals surface area contributed by atoms with Crippen LogP contribution in [0.1, 0.15) is 0 Å². The van der Waals surface area contributed by atoms with Gasteiger partial charge in [0.1, 0.15) is 16.3 Å². The SMILES string of the molecule is O=S(=O)(Nc1ccccc1-c1cn2ccccc2n1)c1ccccc1OC(F)(F)F. The van der Waals surface area contributed by atoms with E-state index in [9.17, 15) is 21.6 Å². The van der Waals surface area contributed by atoms with Crippen LogP contribution in [0.25, 0.3) is 16.9 Å². The van der Waals surface area contributed by atoms with Crippen molar-refractivity contribution in [1.82, 2.24) is 9.38 Å². The lowest BCUT2D eigenvalue weighted by molar-refractivity contribution is -0.275. The van der Waals surface area contributed by atoms with Crippen molar-refractivity contribution in [1.29, 1.82) is 0 Å². The second kappa shape index (κ2) is 7.38. The first-order chi connectivity index (χ1) is 14.2. The highest BCUT2D eigenvalue weighted by Crippen LogP contribution is 2.33. The highest BCUT2D eigenvalue weighted by molar-refractivity contribution is 7.92. The molecule has 0 amide bonds. The van der Waals surface area contributed by atoms with Crippen molar-refractivity contribution in [2.45, 2.75) is 11.3 Å². The summed E-state index contributed by atoms with van der Waals surface area (Å²) in [7, 11) is -4.39. The van der Waals surface area contributed by atoms with Crippen molar-refractivity contribution < 1.29 is 26.3 Å². The van der Waals surface area contributed by atoms with Crippen LogP contribution in [0.3, 0.4) is 0 Å². The number of para-hydroxylation sites is 2. The fourth-order valence-corrected chi connectivity index (χ4v) is 4.15. The summed E-state index contributed by atoms with van der Waals surface area (Å²) in [5.41, 5.74) is 1.80. The summed E-state index contributed by atoms with van der Waals surface area (Å²) in [4.78, 5) is 3.83. The van der Waals surface area contributed by atoms with Crippen molar-refractivity contribution in [3.05, 3.63) is 79.1 Å². The Kier molecular flexibility index (Phi) is 4.86. The van der Waals surface area contributed by atoms with Gasteiger partial charge in [-0.25, -0.2) is 13.4 Å². The molecule has 0 aliphatic rings. The number of nitrogens with one attached hydrogen (secondary N) is 1. The molecular weight excluding hydrogens is 419 g/mol. The number of anilines is 1. The van der Waals surface area contributed by atoms with Gasteiger partial charge in [0, 0.05) is 18.0 Å². The zero-order valence-corrected chi connectivity index (χ0v) is 16.0. The zero-order chi connectivity index (χ0) is 21.4. The molecule has 0 saturated heterocycles. The van der Waals surface area contributed by atoms with Gasteiger partial charge in [-0.1, -0.05) is 36.4 Å². The summed E-state index contributed by atoms with van der Waals surface area (Å²) in [6.07, 6.45) is -1.51. The first kappa shape index (κ1) is 19.8. The summed E-state index contributed by atoms with van der Waals surface area (Å²) >= 11 is 0. The molecule has 0 aliphatic carbocycles. The molecule has 2 aromatic carbocycles. The molecule has 30 heavy (non-hydrogen) atoms. The molecule has 0 fully saturated rings. The third-order valence-electron chi connectivity index (χ3n) is 4.18. The molecule has 0 bridgehead atoms. The van der Waals surface area contributed by atoms with Gasteiger partial charge in [0.15, 0.2) is 0 Å². The number of imidazole rings is 1. The number of benzene rings is 2. The van der Waals surface area contributed by atoms with Crippen LogP contribution in [0.15, 0.2) is 84.0 Å². The molecule has 2 heterocycles. The molecule has 0 aliphatic heterocycles. The van der Waals surface area contributed by atoms with Gasteiger partial charge in [0.25, 0.3) is 10.0 Å². The van der Waals surface area contributed by atoms with Gasteiger partial charge in [0.2, 0.25) is 0 Å². The molecule has 4 aromatic rings. The molecule has 0 atom stereocenters. The maximum atomic E-state index is 12.9. The van der Waals surface area contributed by atoms with E-state index >= 15 is 0 Å². The molecule has 6 nitrogen and oxygen atoms in total. The van der Waals surface area contributed by atoms with E-state index in [1.807, 2.05) is 12.1 Å². The average molecular weight is 433 g/mol. The van der Waals surface area contributed by atoms with Crippen molar-refractivity contribution in [2.24, 2.45) is 0 Å². The summed E-state index contributed by atoms with van der Waals surface area (Å²) in [6.45, 7) is 0. The fourth-order valence-electron chi connectivity index (χ4n) is 2.94. The maximum absolute atomic E-state index is 12.9. The Hall–Kier alpha value is -3.53. The number of alkyl halides is 3. The van der Waals surface area contributed by atoms with Crippen molar-refractivity contribution in [3.8, 4) is 17.0 Å². The molecular formula is C20H14F3N3O3S. The Morgan fingerprint density at radius 3 is 2.40 bits per heavy atom. The number of aromatic nitrogens is 2. The number of sulfonamides is 1. The number of hydrogen-bond donors (Lipinski definition) is 1. The number of rotatable bonds is 5. The number of nitrogens with zero attached hydrogens (tertiary/aromatic N) is 2. The minimum atomic E-state index is -5.03. The predicted octanol–water partition coefficient (Wildman–Crippen LogP) is 4.70. The lowest BCUT2D eigenvalue weighted by Crippen LogP contribution is -2.21. The minimum Gasteiger partial charge on any atom is -0.404 e. The third kappa shape index (κ3) is 4.08. The summed E-state index contributed by atoms with van der Waals surface area (Å²) in [5.74, 6) is -0.817. The third-order valence-corrected chi connectivity index (χ3v) is 5.58. The summed E-state index contributed by atoms with van der Waals surface area (Å²) < 4.78 is 71.8. The first-order valence-corrected chi connectivity index (χ1v) is 10.1. The normalized spacial score (nSPS) is 12.1. The van der Waals surface area contributed by atoms with Gasteiger partial charge in [0.05, 0.1) is 11.4 Å². The van der Waals surface area contributed by atoms with E-state index in [4.69, 9.17) is 0 Å². The van der Waals surface area contributed by atoms with Crippen LogP contribution in [0.5, 0.6) is 5.75 Å². The Morgan fingerprint density at radius 2 is 1.63 bits per heavy atom. The van der Waals surface area contributed by atoms with Crippen molar-refractivity contribution >= 4 is 21.4 Å². The lowest BCUT2D eigenvalue weighted by atomic mass is 10.1. The van der Waals surface area contributed by atoms with Crippen LogP contribution >= 0.6 is 0 Å². The highest BCUT2D eigenvalue weighted by Gasteiger charge is 2.34. The number of hydrogen-bond acceptors (Lipinski definition) is 4. The van der Waals surface area contributed by atoms with Gasteiger partial charge < -0.3 is 9.14 Å². The molecule has 10 heteroatoms. The van der Waals surface area contributed by atoms with Gasteiger partial charge >= 0.3 is 6.36 Å². The molecule has 0 saturated carbocycles. The monoisotopic (exact) mass is 433 g/mol. The average Bonchev–Trinajstić information content (AvgIpc) is 3.11. The van der Waals surface area contributed by atoms with E-state index in [1.54, 1.807) is 41.1 Å². The molecule has 4 rings (SSSR count). The van der Waals surface area contributed by atoms with E-state index in [2.05, 4.69) is 14.4 Å². The van der Waals surface area contributed by atoms with E-state index in [0.717, 1.165) is 12.1 Å². The highest BCUT2D eigenvalue weighted by atomic mass is 32.2. The van der Waals surface area contributed by atoms with Gasteiger partial charge in [-0.3, -0.25) is 4.72 Å². The standard InChI is InChI=1S/C20H14F3N3O3S/c21-20(22,23)29-17-9-3-4-10-18(17)30(27,28)25-15-8-2-1-7-14(15)16-13-26-12-6-5-11-19(26)24-16/h1-13,25H. The van der Waals surface area contributed by atoms with Crippen molar-refractivity contribution in [2.75, 3.05) is 4.72 Å². The van der Waals surface area contributed by atoms with E-state index in [1.165, 1.54) is 18.2 Å². The van der Waals surface area contributed by atoms with E-state index in [-0.39, 0.29) is 5.69 Å². The maximum Gasteiger partial charge on any atom is 0.573 e. The van der Waals surface area contributed by atoms with Crippen molar-refractivity contribution in [3.63, 3.8) is 0 Å². The first-order valence-electron chi connectivity index (χ1n) is 8.64. The predicted molar refractivity (Wildman–Crippen MR) is 105 cm³/mol. The van der Waals surface area contributed by atoms with Gasteiger partial charge in [-0.05, 0) is 30.3 Å². The van der Waals surface area contributed by atoms with E-state index in [0.29, 0.717) is 16.9 Å². The van der Waals surface area contributed by atoms with Crippen LogP contribution in [-0.4, -0.2) is 24.2 Å². The minimum absolute atomic E-state index is 0.169. The number of fused-ring (bicyclic) bond motifs is 1. The number of pyridine rings is 1. The quantitative estimate of drug-likeness (QED) is 0.495. The molecule has 0 spiro atoms. The second-order valence-corrected chi connectivity index (χ2v) is 7.89. The Labute approximate surface area is 169 Å². The largest absolute Gasteiger partial charge is 0.573 e. The number of halogens is 3. The Morgan fingerprint density at radius 1 is 0.933 bits per heavy atom. The topological polar surface area (TPSA) is 72.7 Å². The molecule has 2 aromatic heterocycles. The summed E-state index contributed by atoms with van der Waals surface area (Å²) in [6, 6.07) is 16.5. The second-order valence-electron chi connectivity index (χ2n) is 6.24. The molecule has 1 N–H and O–H groups in total. The van der Waals surface area contributed by atoms with Gasteiger partial charge in [-0.15, -0.1) is 13.2 Å². The van der Waals surface area contributed by atoms with Crippen LogP contribution in [0, 0.1) is 0 Å². The summed E-state index contributed by atoms with van der Waals surface area (Å²) in [5, 5.41) is 0. The van der Waals surface area contributed by atoms with E-state index < -0.39 is 27.0 Å². The molecule has 0 radical (unpaired) electrons.